The van der Waals surface area contributed by atoms with E-state index in [-0.39, 0.29) is 18.4 Å². The highest BCUT2D eigenvalue weighted by Gasteiger charge is 2.20. The van der Waals surface area contributed by atoms with Crippen LogP contribution in [0.5, 0.6) is 0 Å². The van der Waals surface area contributed by atoms with E-state index in [1.54, 1.807) is 6.20 Å². The van der Waals surface area contributed by atoms with Gasteiger partial charge in [0.1, 0.15) is 5.82 Å². The van der Waals surface area contributed by atoms with E-state index in [2.05, 4.69) is 9.88 Å². The topological polar surface area (TPSA) is 103 Å². The Labute approximate surface area is 147 Å². The van der Waals surface area contributed by atoms with E-state index >= 15 is 0 Å². The lowest BCUT2D eigenvalue weighted by Gasteiger charge is -2.32. The fraction of sp³-hybridized carbons (Fsp3) is 0.556. The van der Waals surface area contributed by atoms with Gasteiger partial charge in [-0.1, -0.05) is 0 Å². The number of piperidine rings is 1. The number of anilines is 1. The average Bonchev–Trinajstić information content (AvgIpc) is 2.60. The molecule has 0 unspecified atom stereocenters. The number of primary amides is 1. The Morgan fingerprint density at radius 2 is 2.00 bits per heavy atom. The minimum atomic E-state index is -0.634. The van der Waals surface area contributed by atoms with Crippen molar-refractivity contribution in [2.45, 2.75) is 39.0 Å². The minimum absolute atomic E-state index is 0.0205. The maximum atomic E-state index is 11.4. The summed E-state index contributed by atoms with van der Waals surface area (Å²) in [6.45, 7) is 3.03. The zero-order valence-corrected chi connectivity index (χ0v) is 14.6. The number of esters is 1. The Balaban J connectivity index is 1.68. The highest BCUT2D eigenvalue weighted by molar-refractivity contribution is 5.93. The van der Waals surface area contributed by atoms with Crippen molar-refractivity contribution >= 4 is 23.5 Å². The van der Waals surface area contributed by atoms with Gasteiger partial charge in [-0.05, 0) is 50.7 Å². The summed E-state index contributed by atoms with van der Waals surface area (Å²) in [5, 5.41) is 0. The lowest BCUT2D eigenvalue weighted by Crippen LogP contribution is -2.34. The first-order chi connectivity index (χ1) is 12.0. The number of ether oxygens (including phenoxy) is 1. The first-order valence-corrected chi connectivity index (χ1v) is 8.61. The number of carbonyl (C=O) groups excluding carboxylic acids is 3. The summed E-state index contributed by atoms with van der Waals surface area (Å²) < 4.78 is 4.74. The molecular formula is C18H25N3O4. The molecule has 1 saturated heterocycles. The summed E-state index contributed by atoms with van der Waals surface area (Å²) in [6.07, 6.45) is 5.77. The molecule has 0 aliphatic carbocycles. The molecule has 136 valence electrons. The Morgan fingerprint density at radius 3 is 2.56 bits per heavy atom. The molecule has 2 rings (SSSR count). The third-order valence-electron chi connectivity index (χ3n) is 4.46. The van der Waals surface area contributed by atoms with Crippen molar-refractivity contribution in [1.82, 2.24) is 4.98 Å². The summed E-state index contributed by atoms with van der Waals surface area (Å²) in [5.41, 5.74) is 5.55. The monoisotopic (exact) mass is 347 g/mol. The Bertz CT molecular complexity index is 607. The van der Waals surface area contributed by atoms with Gasteiger partial charge in [-0.25, -0.2) is 4.98 Å². The van der Waals surface area contributed by atoms with Gasteiger partial charge >= 0.3 is 5.97 Å². The molecule has 0 aromatic carbocycles. The van der Waals surface area contributed by atoms with Crippen molar-refractivity contribution < 1.29 is 19.1 Å². The van der Waals surface area contributed by atoms with Crippen LogP contribution in [0.15, 0.2) is 18.3 Å². The zero-order chi connectivity index (χ0) is 18.2. The quantitative estimate of drug-likeness (QED) is 0.567. The molecule has 1 aromatic rings. The van der Waals surface area contributed by atoms with E-state index < -0.39 is 5.91 Å². The molecule has 0 bridgehead atoms. The van der Waals surface area contributed by atoms with Gasteiger partial charge in [-0.3, -0.25) is 14.4 Å². The van der Waals surface area contributed by atoms with E-state index in [0.29, 0.717) is 17.9 Å². The Kier molecular flexibility index (Phi) is 6.91. The number of aromatic nitrogens is 1. The SMILES string of the molecule is CC(=O)c1ccc(N2CCC(CCCC(=O)OCC(N)=O)CC2)nc1. The number of rotatable bonds is 8. The van der Waals surface area contributed by atoms with Crippen molar-refractivity contribution in [3.8, 4) is 0 Å². The van der Waals surface area contributed by atoms with Gasteiger partial charge in [-0.15, -0.1) is 0 Å². The predicted molar refractivity (Wildman–Crippen MR) is 93.2 cm³/mol. The summed E-state index contributed by atoms with van der Waals surface area (Å²) >= 11 is 0. The first kappa shape index (κ1) is 18.9. The van der Waals surface area contributed by atoms with Gasteiger partial charge in [0.05, 0.1) is 0 Å². The number of nitrogens with zero attached hydrogens (tertiary/aromatic N) is 2. The molecule has 0 atom stereocenters. The van der Waals surface area contributed by atoms with Gasteiger partial charge < -0.3 is 15.4 Å². The van der Waals surface area contributed by atoms with E-state index in [9.17, 15) is 14.4 Å². The Hall–Kier alpha value is -2.44. The number of hydrogen-bond donors (Lipinski definition) is 1. The first-order valence-electron chi connectivity index (χ1n) is 8.61. The molecular weight excluding hydrogens is 322 g/mol. The number of ketones is 1. The average molecular weight is 347 g/mol. The van der Waals surface area contributed by atoms with Crippen LogP contribution >= 0.6 is 0 Å². The molecule has 1 fully saturated rings. The second kappa shape index (κ2) is 9.15. The van der Waals surface area contributed by atoms with Crippen molar-refractivity contribution in [3.05, 3.63) is 23.9 Å². The third kappa shape index (κ3) is 6.17. The van der Waals surface area contributed by atoms with Crippen LogP contribution in [0.2, 0.25) is 0 Å². The molecule has 2 N–H and O–H groups in total. The molecule has 7 nitrogen and oxygen atoms in total. The highest BCUT2D eigenvalue weighted by Crippen LogP contribution is 2.25. The summed E-state index contributed by atoms with van der Waals surface area (Å²) in [7, 11) is 0. The van der Waals surface area contributed by atoms with Gasteiger partial charge in [0.2, 0.25) is 0 Å². The van der Waals surface area contributed by atoms with Gasteiger partial charge in [0.15, 0.2) is 12.4 Å². The predicted octanol–water partition coefficient (Wildman–Crippen LogP) is 1.70. The third-order valence-corrected chi connectivity index (χ3v) is 4.46. The molecule has 0 saturated carbocycles. The maximum absolute atomic E-state index is 11.4. The number of amides is 1. The lowest BCUT2D eigenvalue weighted by atomic mass is 9.91. The molecule has 0 spiro atoms. The summed E-state index contributed by atoms with van der Waals surface area (Å²) in [6, 6.07) is 3.71. The maximum Gasteiger partial charge on any atom is 0.306 e. The van der Waals surface area contributed by atoms with Crippen molar-refractivity contribution in [3.63, 3.8) is 0 Å². The van der Waals surface area contributed by atoms with Crippen LogP contribution in [0.3, 0.4) is 0 Å². The zero-order valence-electron chi connectivity index (χ0n) is 14.6. The number of hydrogen-bond acceptors (Lipinski definition) is 6. The van der Waals surface area contributed by atoms with E-state index in [4.69, 9.17) is 10.5 Å². The number of pyridine rings is 1. The molecule has 25 heavy (non-hydrogen) atoms. The van der Waals surface area contributed by atoms with Crippen LogP contribution in [0.4, 0.5) is 5.82 Å². The van der Waals surface area contributed by atoms with Crippen LogP contribution in [-0.4, -0.2) is 42.3 Å². The van der Waals surface area contributed by atoms with Crippen molar-refractivity contribution in [1.29, 1.82) is 0 Å². The van der Waals surface area contributed by atoms with Crippen LogP contribution in [0.1, 0.15) is 49.4 Å². The molecule has 1 aliphatic rings. The van der Waals surface area contributed by atoms with Gasteiger partial charge in [0, 0.05) is 31.3 Å². The van der Waals surface area contributed by atoms with E-state index in [0.717, 1.165) is 44.6 Å². The summed E-state index contributed by atoms with van der Waals surface area (Å²) in [4.78, 5) is 39.9. The molecule has 1 amide bonds. The summed E-state index contributed by atoms with van der Waals surface area (Å²) in [5.74, 6) is 0.499. The largest absolute Gasteiger partial charge is 0.456 e. The fourth-order valence-electron chi connectivity index (χ4n) is 2.99. The smallest absolute Gasteiger partial charge is 0.306 e. The standard InChI is InChI=1S/C18H25N3O4/c1-13(22)15-5-6-17(20-11-15)21-9-7-14(8-10-21)3-2-4-18(24)25-12-16(19)23/h5-6,11,14H,2-4,7-10,12H2,1H3,(H2,19,23). The van der Waals surface area contributed by atoms with Gasteiger partial charge in [-0.2, -0.15) is 0 Å². The lowest BCUT2D eigenvalue weighted by molar-refractivity contribution is -0.147. The van der Waals surface area contributed by atoms with Crippen molar-refractivity contribution in [2.24, 2.45) is 11.7 Å². The van der Waals surface area contributed by atoms with Crippen LogP contribution < -0.4 is 10.6 Å². The van der Waals surface area contributed by atoms with Gasteiger partial charge in [0.25, 0.3) is 5.91 Å². The van der Waals surface area contributed by atoms with Crippen LogP contribution in [0.25, 0.3) is 0 Å². The van der Waals surface area contributed by atoms with E-state index in [1.165, 1.54) is 6.92 Å². The molecule has 7 heteroatoms. The molecule has 2 heterocycles. The van der Waals surface area contributed by atoms with Crippen LogP contribution in [-0.2, 0) is 14.3 Å². The second-order valence-corrected chi connectivity index (χ2v) is 6.41. The number of nitrogens with two attached hydrogens (primary N) is 1. The van der Waals surface area contributed by atoms with Crippen LogP contribution in [0, 0.1) is 5.92 Å². The highest BCUT2D eigenvalue weighted by atomic mass is 16.5. The molecule has 1 aromatic heterocycles. The van der Waals surface area contributed by atoms with E-state index in [1.807, 2.05) is 12.1 Å². The number of carbonyl (C=O) groups is 3. The Morgan fingerprint density at radius 1 is 1.28 bits per heavy atom. The molecule has 0 radical (unpaired) electrons. The fourth-order valence-corrected chi connectivity index (χ4v) is 2.99. The minimum Gasteiger partial charge on any atom is -0.456 e. The number of Topliss-reactive ketones (excluding diaryl/α,β-unsaturated/α-hetero) is 1. The molecule has 1 aliphatic heterocycles. The normalized spacial score (nSPS) is 15.0. The second-order valence-electron chi connectivity index (χ2n) is 6.41. The van der Waals surface area contributed by atoms with Crippen molar-refractivity contribution in [2.75, 3.05) is 24.6 Å².